The summed E-state index contributed by atoms with van der Waals surface area (Å²) in [4.78, 5) is 20.9. The van der Waals surface area contributed by atoms with Crippen LogP contribution in [0.4, 0.5) is 16.4 Å². The molecule has 1 aliphatic carbocycles. The minimum atomic E-state index is -0.528. The monoisotopic (exact) mass is 380 g/mol. The highest BCUT2D eigenvalue weighted by Gasteiger charge is 2.25. The summed E-state index contributed by atoms with van der Waals surface area (Å²) in [6.45, 7) is 0. The fraction of sp³-hybridized carbons (Fsp3) is 0.222. The zero-order chi connectivity index (χ0) is 18.8. The van der Waals surface area contributed by atoms with Crippen LogP contribution >= 0.6 is 11.3 Å². The first kappa shape index (κ1) is 17.1. The third-order valence-electron chi connectivity index (χ3n) is 4.00. The number of aromatic amines is 1. The van der Waals surface area contributed by atoms with E-state index in [2.05, 4.69) is 36.7 Å². The van der Waals surface area contributed by atoms with Crippen LogP contribution in [0.25, 0.3) is 10.7 Å². The van der Waals surface area contributed by atoms with Crippen molar-refractivity contribution in [2.75, 3.05) is 12.4 Å². The van der Waals surface area contributed by atoms with E-state index >= 15 is 0 Å². The molecule has 1 amide bonds. The van der Waals surface area contributed by atoms with Crippen LogP contribution in [0, 0.1) is 12.3 Å². The van der Waals surface area contributed by atoms with E-state index in [0.717, 1.165) is 10.6 Å². The summed E-state index contributed by atoms with van der Waals surface area (Å²) in [7, 11) is 1.50. The molecule has 0 spiro atoms. The lowest BCUT2D eigenvalue weighted by Crippen LogP contribution is -2.21. The van der Waals surface area contributed by atoms with E-state index in [1.54, 1.807) is 18.3 Å². The first-order chi connectivity index (χ1) is 13.2. The molecule has 0 radical (unpaired) electrons. The number of hydrogen-bond acceptors (Lipinski definition) is 7. The first-order valence-corrected chi connectivity index (χ1v) is 9.13. The maximum atomic E-state index is 11.3. The van der Waals surface area contributed by atoms with Gasteiger partial charge in [-0.1, -0.05) is 17.3 Å². The highest BCUT2D eigenvalue weighted by molar-refractivity contribution is 7.17. The highest BCUT2D eigenvalue weighted by atomic mass is 32.1. The lowest BCUT2D eigenvalue weighted by Gasteiger charge is -2.06. The van der Waals surface area contributed by atoms with Crippen LogP contribution < -0.4 is 15.4 Å². The number of amides is 1. The van der Waals surface area contributed by atoms with E-state index in [9.17, 15) is 4.79 Å². The molecule has 0 bridgehead atoms. The van der Waals surface area contributed by atoms with Crippen LogP contribution in [0.1, 0.15) is 30.0 Å². The van der Waals surface area contributed by atoms with Crippen LogP contribution in [-0.4, -0.2) is 33.3 Å². The van der Waals surface area contributed by atoms with Crippen LogP contribution in [-0.2, 0) is 0 Å². The number of thiophene rings is 1. The fourth-order valence-electron chi connectivity index (χ4n) is 2.46. The van der Waals surface area contributed by atoms with Crippen molar-refractivity contribution in [3.8, 4) is 28.1 Å². The molecular formula is C18H16N6O2S. The normalized spacial score (nSPS) is 13.0. The van der Waals surface area contributed by atoms with Gasteiger partial charge in [-0.25, -0.2) is 14.8 Å². The number of aromatic nitrogens is 4. The summed E-state index contributed by atoms with van der Waals surface area (Å²) < 4.78 is 5.12. The molecule has 0 unspecified atom stereocenters. The predicted molar refractivity (Wildman–Crippen MR) is 102 cm³/mol. The lowest BCUT2D eigenvalue weighted by molar-refractivity contribution is 0.204. The second-order valence-electron chi connectivity index (χ2n) is 5.97. The summed E-state index contributed by atoms with van der Waals surface area (Å²) in [5.41, 5.74) is 1.65. The van der Waals surface area contributed by atoms with Crippen LogP contribution in [0.5, 0.6) is 5.06 Å². The molecule has 1 fully saturated rings. The Hall–Kier alpha value is -3.38. The number of terminal acetylenes is 1. The van der Waals surface area contributed by atoms with Gasteiger partial charge in [0, 0.05) is 30.9 Å². The Morgan fingerprint density at radius 2 is 2.30 bits per heavy atom. The Bertz CT molecular complexity index is 1030. The van der Waals surface area contributed by atoms with Crippen LogP contribution in [0.3, 0.4) is 0 Å². The van der Waals surface area contributed by atoms with Gasteiger partial charge in [-0.15, -0.1) is 6.42 Å². The van der Waals surface area contributed by atoms with E-state index in [-0.39, 0.29) is 0 Å². The van der Waals surface area contributed by atoms with E-state index in [4.69, 9.17) is 11.2 Å². The summed E-state index contributed by atoms with van der Waals surface area (Å²) in [5, 5.41) is 13.3. The average molecular weight is 380 g/mol. The standard InChI is InChI=1S/C18H16N6O2S/c1-3-10-9-20-17(13-6-7-15(27-13)26-18(25)19-2)22-16(10)21-14-8-12(23-24-14)11-4-5-11/h1,6-9,11H,4-5H2,2H3,(H,19,25)(H2,20,21,22,23,24). The summed E-state index contributed by atoms with van der Waals surface area (Å²) >= 11 is 1.27. The van der Waals surface area contributed by atoms with Crippen molar-refractivity contribution in [1.29, 1.82) is 0 Å². The molecule has 1 saturated carbocycles. The molecule has 0 aromatic carbocycles. The SMILES string of the molecule is C#Cc1cnc(-c2ccc(OC(=O)NC)s2)nc1Nc1cc(C2CC2)[nH]n1. The number of nitrogens with one attached hydrogen (secondary N) is 3. The molecule has 3 heterocycles. The summed E-state index contributed by atoms with van der Waals surface area (Å²) in [6.07, 6.45) is 9.00. The minimum absolute atomic E-state index is 0.449. The van der Waals surface area contributed by atoms with Gasteiger partial charge in [0.05, 0.1) is 10.4 Å². The number of hydrogen-bond donors (Lipinski definition) is 3. The third-order valence-corrected chi connectivity index (χ3v) is 4.96. The van der Waals surface area contributed by atoms with Crippen LogP contribution in [0.15, 0.2) is 24.4 Å². The molecule has 8 nitrogen and oxygen atoms in total. The molecular weight excluding hydrogens is 364 g/mol. The maximum Gasteiger partial charge on any atom is 0.413 e. The third kappa shape index (κ3) is 3.75. The molecule has 4 rings (SSSR count). The van der Waals surface area contributed by atoms with Gasteiger partial charge >= 0.3 is 6.09 Å². The van der Waals surface area contributed by atoms with Crippen molar-refractivity contribution >= 4 is 29.1 Å². The summed E-state index contributed by atoms with van der Waals surface area (Å²) in [5.74, 6) is 4.79. The molecule has 136 valence electrons. The summed E-state index contributed by atoms with van der Waals surface area (Å²) in [6, 6.07) is 5.45. The van der Waals surface area contributed by atoms with E-state index < -0.39 is 6.09 Å². The predicted octanol–water partition coefficient (Wildman–Crippen LogP) is 3.25. The van der Waals surface area contributed by atoms with Gasteiger partial charge in [0.25, 0.3) is 0 Å². The molecule has 3 N–H and O–H groups in total. The molecule has 27 heavy (non-hydrogen) atoms. The first-order valence-electron chi connectivity index (χ1n) is 8.32. The van der Waals surface area contributed by atoms with Gasteiger partial charge in [0.1, 0.15) is 0 Å². The Balaban J connectivity index is 1.58. The number of ether oxygens (including phenoxy) is 1. The quantitative estimate of drug-likeness (QED) is 0.587. The lowest BCUT2D eigenvalue weighted by atomic mass is 10.3. The van der Waals surface area contributed by atoms with E-state index in [1.165, 1.54) is 31.2 Å². The number of carbonyl (C=O) groups is 1. The van der Waals surface area contributed by atoms with Gasteiger partial charge in [0.15, 0.2) is 22.5 Å². The molecule has 0 saturated heterocycles. The number of anilines is 2. The van der Waals surface area contributed by atoms with Crippen molar-refractivity contribution in [1.82, 2.24) is 25.5 Å². The fourth-order valence-corrected chi connectivity index (χ4v) is 3.26. The average Bonchev–Trinajstić information content (AvgIpc) is 3.25. The van der Waals surface area contributed by atoms with Crippen molar-refractivity contribution < 1.29 is 9.53 Å². The molecule has 1 aliphatic rings. The van der Waals surface area contributed by atoms with Crippen molar-refractivity contribution in [3.63, 3.8) is 0 Å². The van der Waals surface area contributed by atoms with Crippen LogP contribution in [0.2, 0.25) is 0 Å². The molecule has 3 aromatic heterocycles. The van der Waals surface area contributed by atoms with E-state index in [0.29, 0.717) is 34.0 Å². The Morgan fingerprint density at radius 1 is 1.44 bits per heavy atom. The van der Waals surface area contributed by atoms with Gasteiger partial charge in [-0.3, -0.25) is 5.10 Å². The second kappa shape index (κ2) is 7.09. The molecule has 9 heteroatoms. The van der Waals surface area contributed by atoms with Gasteiger partial charge < -0.3 is 15.4 Å². The number of carbonyl (C=O) groups excluding carboxylic acids is 1. The number of nitrogens with zero attached hydrogens (tertiary/aromatic N) is 3. The largest absolute Gasteiger partial charge is 0.413 e. The molecule has 0 atom stereocenters. The molecule has 3 aromatic rings. The minimum Gasteiger partial charge on any atom is -0.399 e. The Morgan fingerprint density at radius 3 is 3.04 bits per heavy atom. The zero-order valence-electron chi connectivity index (χ0n) is 14.4. The zero-order valence-corrected chi connectivity index (χ0v) is 15.3. The Labute approximate surface area is 159 Å². The van der Waals surface area contributed by atoms with Crippen molar-refractivity contribution in [2.24, 2.45) is 0 Å². The number of H-pyrrole nitrogens is 1. The topological polar surface area (TPSA) is 105 Å². The highest BCUT2D eigenvalue weighted by Crippen LogP contribution is 2.39. The second-order valence-corrected chi connectivity index (χ2v) is 7.01. The number of rotatable bonds is 5. The van der Waals surface area contributed by atoms with Gasteiger partial charge in [0.2, 0.25) is 0 Å². The van der Waals surface area contributed by atoms with Crippen molar-refractivity contribution in [2.45, 2.75) is 18.8 Å². The van der Waals surface area contributed by atoms with E-state index in [1.807, 2.05) is 6.07 Å². The Kier molecular flexibility index (Phi) is 4.48. The van der Waals surface area contributed by atoms with Gasteiger partial charge in [-0.05, 0) is 25.0 Å². The van der Waals surface area contributed by atoms with Crippen molar-refractivity contribution in [3.05, 3.63) is 35.7 Å². The maximum absolute atomic E-state index is 11.3. The smallest absolute Gasteiger partial charge is 0.399 e. The van der Waals surface area contributed by atoms with Gasteiger partial charge in [-0.2, -0.15) is 5.10 Å². The molecule has 0 aliphatic heterocycles.